The number of alkyl halides is 3. The number of nitrogens with zero attached hydrogens (tertiary/aromatic N) is 2. The summed E-state index contributed by atoms with van der Waals surface area (Å²) < 4.78 is 43.3. The molecule has 0 aliphatic heterocycles. The number of methoxy groups -OCH3 is 1. The molecule has 0 heterocycles. The minimum Gasteiger partial charge on any atom is -0.497 e. The van der Waals surface area contributed by atoms with Crippen LogP contribution >= 0.6 is 0 Å². The predicted molar refractivity (Wildman–Crippen MR) is 114 cm³/mol. The van der Waals surface area contributed by atoms with Crippen molar-refractivity contribution in [3.05, 3.63) is 65.2 Å². The number of likely N-dealkylation sites (N-methyl/N-ethyl adjacent to an activating group) is 1. The normalized spacial score (nSPS) is 11.7. The molecule has 0 aliphatic rings. The van der Waals surface area contributed by atoms with Crippen LogP contribution in [-0.4, -0.2) is 51.1 Å². The molecular weight excluding hydrogens is 409 g/mol. The van der Waals surface area contributed by atoms with Gasteiger partial charge in [0.25, 0.3) is 0 Å². The van der Waals surface area contributed by atoms with Gasteiger partial charge in [-0.1, -0.05) is 24.3 Å². The summed E-state index contributed by atoms with van der Waals surface area (Å²) in [6, 6.07) is 12.5. The number of hydrogen-bond donors (Lipinski definition) is 2. The molecule has 0 saturated carbocycles. The van der Waals surface area contributed by atoms with Crippen LogP contribution in [0, 0.1) is 0 Å². The van der Waals surface area contributed by atoms with E-state index in [9.17, 15) is 18.0 Å². The average Bonchev–Trinajstić information content (AvgIpc) is 2.75. The van der Waals surface area contributed by atoms with Crippen molar-refractivity contribution in [1.29, 1.82) is 0 Å². The standard InChI is InChI=1S/C22H27F3N4O2/c1-29(2)20(30)15-28-21(26-13-12-16-6-10-19(31-3)11-7-16)27-14-17-4-8-18(9-5-17)22(23,24)25/h4-11H,12-15H2,1-3H3,(H2,26,27,28). The topological polar surface area (TPSA) is 66.0 Å². The van der Waals surface area contributed by atoms with Crippen molar-refractivity contribution in [3.8, 4) is 5.75 Å². The van der Waals surface area contributed by atoms with E-state index in [0.717, 1.165) is 23.4 Å². The van der Waals surface area contributed by atoms with Crippen LogP contribution < -0.4 is 15.4 Å². The lowest BCUT2D eigenvalue weighted by atomic mass is 10.1. The van der Waals surface area contributed by atoms with Crippen molar-refractivity contribution < 1.29 is 22.7 Å². The molecule has 168 valence electrons. The summed E-state index contributed by atoms with van der Waals surface area (Å²) in [4.78, 5) is 17.7. The van der Waals surface area contributed by atoms with Crippen molar-refractivity contribution in [2.75, 3.05) is 34.3 Å². The molecule has 0 aromatic heterocycles. The Hall–Kier alpha value is -3.23. The SMILES string of the molecule is COc1ccc(CCNC(=NCc2ccc(C(F)(F)F)cc2)NCC(=O)N(C)C)cc1. The van der Waals surface area contributed by atoms with Gasteiger partial charge >= 0.3 is 6.18 Å². The molecule has 0 saturated heterocycles. The average molecular weight is 436 g/mol. The molecule has 0 unspecified atom stereocenters. The van der Waals surface area contributed by atoms with Gasteiger partial charge in [-0.3, -0.25) is 4.79 Å². The highest BCUT2D eigenvalue weighted by molar-refractivity contribution is 5.86. The predicted octanol–water partition coefficient (Wildman–Crippen LogP) is 3.08. The number of halogens is 3. The number of nitrogens with one attached hydrogen (secondary N) is 2. The fourth-order valence-corrected chi connectivity index (χ4v) is 2.58. The van der Waals surface area contributed by atoms with Gasteiger partial charge in [0.2, 0.25) is 5.91 Å². The lowest BCUT2D eigenvalue weighted by Gasteiger charge is -2.15. The second-order valence-corrected chi connectivity index (χ2v) is 7.03. The molecule has 0 aliphatic carbocycles. The van der Waals surface area contributed by atoms with Crippen molar-refractivity contribution in [2.24, 2.45) is 4.99 Å². The maximum atomic E-state index is 12.7. The Bertz CT molecular complexity index is 864. The minimum absolute atomic E-state index is 0.0500. The van der Waals surface area contributed by atoms with E-state index in [1.807, 2.05) is 24.3 Å². The summed E-state index contributed by atoms with van der Waals surface area (Å²) in [5.74, 6) is 1.06. The van der Waals surface area contributed by atoms with Crippen LogP contribution in [0.1, 0.15) is 16.7 Å². The van der Waals surface area contributed by atoms with E-state index < -0.39 is 11.7 Å². The molecule has 0 bridgehead atoms. The lowest BCUT2D eigenvalue weighted by molar-refractivity contribution is -0.137. The Morgan fingerprint density at radius 3 is 2.16 bits per heavy atom. The lowest BCUT2D eigenvalue weighted by Crippen LogP contribution is -2.43. The maximum Gasteiger partial charge on any atom is 0.416 e. The van der Waals surface area contributed by atoms with Crippen LogP contribution in [-0.2, 0) is 23.9 Å². The van der Waals surface area contributed by atoms with E-state index in [2.05, 4.69) is 15.6 Å². The molecule has 31 heavy (non-hydrogen) atoms. The smallest absolute Gasteiger partial charge is 0.416 e. The number of rotatable bonds is 8. The van der Waals surface area contributed by atoms with Crippen LogP contribution in [0.15, 0.2) is 53.5 Å². The highest BCUT2D eigenvalue weighted by Gasteiger charge is 2.29. The number of benzene rings is 2. The van der Waals surface area contributed by atoms with E-state index in [4.69, 9.17) is 4.74 Å². The number of hydrogen-bond acceptors (Lipinski definition) is 3. The Balaban J connectivity index is 1.99. The quantitative estimate of drug-likeness (QED) is 0.493. The minimum atomic E-state index is -4.37. The number of aliphatic imine (C=N–C) groups is 1. The summed E-state index contributed by atoms with van der Waals surface area (Å²) in [5.41, 5.74) is 1.02. The second kappa shape index (κ2) is 11.2. The Morgan fingerprint density at radius 2 is 1.61 bits per heavy atom. The molecule has 1 amide bonds. The monoisotopic (exact) mass is 436 g/mol. The molecule has 2 rings (SSSR count). The van der Waals surface area contributed by atoms with Gasteiger partial charge in [0.15, 0.2) is 5.96 Å². The van der Waals surface area contributed by atoms with Gasteiger partial charge in [0.1, 0.15) is 5.75 Å². The molecule has 0 spiro atoms. The van der Waals surface area contributed by atoms with Crippen molar-refractivity contribution >= 4 is 11.9 Å². The van der Waals surface area contributed by atoms with E-state index >= 15 is 0 Å². The molecule has 9 heteroatoms. The van der Waals surface area contributed by atoms with E-state index in [0.29, 0.717) is 24.5 Å². The Morgan fingerprint density at radius 1 is 1.00 bits per heavy atom. The van der Waals surface area contributed by atoms with Crippen LogP contribution in [0.25, 0.3) is 0 Å². The van der Waals surface area contributed by atoms with Gasteiger partial charge in [-0.15, -0.1) is 0 Å². The van der Waals surface area contributed by atoms with Gasteiger partial charge in [-0.05, 0) is 41.8 Å². The van der Waals surface area contributed by atoms with E-state index in [-0.39, 0.29) is 19.0 Å². The van der Waals surface area contributed by atoms with E-state index in [1.54, 1.807) is 21.2 Å². The maximum absolute atomic E-state index is 12.7. The van der Waals surface area contributed by atoms with Gasteiger partial charge in [-0.25, -0.2) is 4.99 Å². The number of amides is 1. The Labute approximate surface area is 180 Å². The molecular formula is C22H27F3N4O2. The van der Waals surface area contributed by atoms with Crippen LogP contribution in [0.2, 0.25) is 0 Å². The summed E-state index contributed by atoms with van der Waals surface area (Å²) in [6.45, 7) is 0.780. The summed E-state index contributed by atoms with van der Waals surface area (Å²) >= 11 is 0. The summed E-state index contributed by atoms with van der Waals surface area (Å²) in [6.07, 6.45) is -3.66. The Kier molecular flexibility index (Phi) is 8.72. The van der Waals surface area contributed by atoms with Gasteiger partial charge in [0.05, 0.1) is 25.8 Å². The van der Waals surface area contributed by atoms with Crippen LogP contribution in [0.3, 0.4) is 0 Å². The van der Waals surface area contributed by atoms with Crippen molar-refractivity contribution in [2.45, 2.75) is 19.1 Å². The first kappa shape index (κ1) is 24.0. The molecule has 6 nitrogen and oxygen atoms in total. The molecule has 2 N–H and O–H groups in total. The first-order valence-corrected chi connectivity index (χ1v) is 9.70. The molecule has 0 fully saturated rings. The van der Waals surface area contributed by atoms with Crippen LogP contribution in [0.4, 0.5) is 13.2 Å². The van der Waals surface area contributed by atoms with E-state index in [1.165, 1.54) is 17.0 Å². The third-order valence-electron chi connectivity index (χ3n) is 4.47. The number of carbonyl (C=O) groups is 1. The molecule has 0 radical (unpaired) electrons. The first-order valence-electron chi connectivity index (χ1n) is 9.70. The van der Waals surface area contributed by atoms with Gasteiger partial charge in [0, 0.05) is 20.6 Å². The van der Waals surface area contributed by atoms with Crippen molar-refractivity contribution in [1.82, 2.24) is 15.5 Å². The number of carbonyl (C=O) groups excluding carboxylic acids is 1. The number of guanidine groups is 1. The third kappa shape index (κ3) is 8.19. The molecule has 2 aromatic rings. The fraction of sp³-hybridized carbons (Fsp3) is 0.364. The fourth-order valence-electron chi connectivity index (χ4n) is 2.58. The summed E-state index contributed by atoms with van der Waals surface area (Å²) in [7, 11) is 4.91. The highest BCUT2D eigenvalue weighted by Crippen LogP contribution is 2.29. The number of ether oxygens (including phenoxy) is 1. The zero-order chi connectivity index (χ0) is 22.9. The molecule has 0 atom stereocenters. The zero-order valence-electron chi connectivity index (χ0n) is 17.8. The first-order chi connectivity index (χ1) is 14.7. The zero-order valence-corrected chi connectivity index (χ0v) is 17.8. The highest BCUT2D eigenvalue weighted by atomic mass is 19.4. The van der Waals surface area contributed by atoms with Crippen LogP contribution in [0.5, 0.6) is 5.75 Å². The third-order valence-corrected chi connectivity index (χ3v) is 4.47. The largest absolute Gasteiger partial charge is 0.497 e. The summed E-state index contributed by atoms with van der Waals surface area (Å²) in [5, 5.41) is 6.11. The molecule has 2 aromatic carbocycles. The second-order valence-electron chi connectivity index (χ2n) is 7.03. The van der Waals surface area contributed by atoms with Gasteiger partial charge in [-0.2, -0.15) is 13.2 Å². The van der Waals surface area contributed by atoms with Gasteiger partial charge < -0.3 is 20.3 Å². The van der Waals surface area contributed by atoms with Crippen molar-refractivity contribution in [3.63, 3.8) is 0 Å².